The van der Waals surface area contributed by atoms with Gasteiger partial charge in [0.1, 0.15) is 18.1 Å². The topological polar surface area (TPSA) is 59.9 Å². The molecule has 37 heavy (non-hydrogen) atoms. The van der Waals surface area contributed by atoms with Crippen molar-refractivity contribution in [3.05, 3.63) is 104 Å². The molecule has 0 radical (unpaired) electrons. The van der Waals surface area contributed by atoms with Gasteiger partial charge >= 0.3 is 0 Å². The molecule has 186 valence electrons. The molecule has 1 saturated heterocycles. The van der Waals surface area contributed by atoms with Crippen LogP contribution in [0.3, 0.4) is 0 Å². The van der Waals surface area contributed by atoms with E-state index < -0.39 is 0 Å². The lowest BCUT2D eigenvalue weighted by atomic mass is 10.1. The second-order valence-electron chi connectivity index (χ2n) is 8.19. The number of nitrogens with zero attached hydrogens (tertiary/aromatic N) is 1. The Kier molecular flexibility index (Phi) is 7.98. The summed E-state index contributed by atoms with van der Waals surface area (Å²) in [4.78, 5) is 17.7. The van der Waals surface area contributed by atoms with Gasteiger partial charge in [-0.3, -0.25) is 4.79 Å². The van der Waals surface area contributed by atoms with E-state index in [0.29, 0.717) is 29.0 Å². The second-order valence-corrected chi connectivity index (χ2v) is 10.9. The van der Waals surface area contributed by atoms with Gasteiger partial charge in [0, 0.05) is 0 Å². The molecule has 8 heteroatoms. The second kappa shape index (κ2) is 11.5. The Hall–Kier alpha value is -3.07. The molecule has 0 aromatic heterocycles. The number of carbonyl (C=O) groups excluding carboxylic acids is 1. The Bertz CT molecular complexity index is 1510. The van der Waals surface area contributed by atoms with Crippen LogP contribution in [0, 0.1) is 0 Å². The van der Waals surface area contributed by atoms with Gasteiger partial charge in [0.25, 0.3) is 5.91 Å². The van der Waals surface area contributed by atoms with Crippen LogP contribution in [0.2, 0.25) is 0 Å². The van der Waals surface area contributed by atoms with Crippen LogP contribution in [0.4, 0.5) is 5.69 Å². The molecular weight excluding hydrogens is 616 g/mol. The Morgan fingerprint density at radius 3 is 2.38 bits per heavy atom. The number of aliphatic imine (C=N–C) groups is 1. The maximum absolute atomic E-state index is 12.6. The predicted octanol–water partition coefficient (Wildman–Crippen LogP) is 8.23. The van der Waals surface area contributed by atoms with Crippen molar-refractivity contribution in [2.45, 2.75) is 13.5 Å². The molecule has 1 fully saturated rings. The number of carbonyl (C=O) groups is 1. The van der Waals surface area contributed by atoms with Crippen molar-refractivity contribution >= 4 is 77.2 Å². The fourth-order valence-corrected chi connectivity index (χ4v) is 6.11. The van der Waals surface area contributed by atoms with Crippen molar-refractivity contribution < 1.29 is 14.3 Å². The summed E-state index contributed by atoms with van der Waals surface area (Å²) in [7, 11) is 0. The first-order valence-electron chi connectivity index (χ1n) is 11.6. The zero-order valence-corrected chi connectivity index (χ0v) is 23.8. The Morgan fingerprint density at radius 1 is 0.919 bits per heavy atom. The third-order valence-corrected chi connectivity index (χ3v) is 7.63. The van der Waals surface area contributed by atoms with Gasteiger partial charge in [0.2, 0.25) is 0 Å². The number of halogens is 2. The average Bonchev–Trinajstić information content (AvgIpc) is 3.22. The van der Waals surface area contributed by atoms with Gasteiger partial charge < -0.3 is 14.8 Å². The van der Waals surface area contributed by atoms with Crippen LogP contribution in [0.1, 0.15) is 18.1 Å². The van der Waals surface area contributed by atoms with Gasteiger partial charge in [-0.15, -0.1) is 0 Å². The minimum atomic E-state index is -0.182. The third-order valence-electron chi connectivity index (χ3n) is 5.54. The van der Waals surface area contributed by atoms with Crippen molar-refractivity contribution in [1.29, 1.82) is 0 Å². The molecule has 1 aliphatic heterocycles. The predicted molar refractivity (Wildman–Crippen MR) is 159 cm³/mol. The summed E-state index contributed by atoms with van der Waals surface area (Å²) in [5, 5.41) is 5.75. The highest BCUT2D eigenvalue weighted by Crippen LogP contribution is 2.37. The van der Waals surface area contributed by atoms with Crippen LogP contribution in [0.15, 0.2) is 97.7 Å². The number of hydrogen-bond donors (Lipinski definition) is 1. The monoisotopic (exact) mass is 636 g/mol. The minimum Gasteiger partial charge on any atom is -0.494 e. The van der Waals surface area contributed by atoms with Crippen LogP contribution in [0.25, 0.3) is 16.8 Å². The largest absolute Gasteiger partial charge is 0.494 e. The van der Waals surface area contributed by atoms with Gasteiger partial charge in [0.05, 0.1) is 26.1 Å². The maximum Gasteiger partial charge on any atom is 0.264 e. The first kappa shape index (κ1) is 25.6. The normalized spacial score (nSPS) is 15.4. The molecule has 0 bridgehead atoms. The molecule has 1 N–H and O–H groups in total. The highest BCUT2D eigenvalue weighted by Gasteiger charge is 2.24. The van der Waals surface area contributed by atoms with E-state index in [1.807, 2.05) is 61.5 Å². The number of thioether (sulfide) groups is 1. The molecule has 5 nitrogen and oxygen atoms in total. The van der Waals surface area contributed by atoms with Crippen molar-refractivity contribution in [3.8, 4) is 11.5 Å². The molecule has 5 rings (SSSR count). The van der Waals surface area contributed by atoms with Gasteiger partial charge in [-0.2, -0.15) is 0 Å². The summed E-state index contributed by atoms with van der Waals surface area (Å²) in [6.45, 7) is 2.99. The molecule has 1 aliphatic rings. The average molecular weight is 638 g/mol. The molecule has 1 heterocycles. The summed E-state index contributed by atoms with van der Waals surface area (Å²) >= 11 is 8.55. The zero-order valence-electron chi connectivity index (χ0n) is 19.8. The lowest BCUT2D eigenvalue weighted by Gasteiger charge is -2.12. The molecule has 4 aromatic rings. The van der Waals surface area contributed by atoms with Crippen molar-refractivity contribution in [3.63, 3.8) is 0 Å². The molecule has 4 aromatic carbocycles. The molecule has 0 atom stereocenters. The van der Waals surface area contributed by atoms with Crippen LogP contribution >= 0.6 is 43.6 Å². The number of amides is 1. The SMILES string of the molecule is CCOc1ccc(N=C2NC(=O)/C(=C\c3cc(Br)c(OCc4ccc5ccccc5c4)c(Br)c3)S2)cc1. The van der Waals surface area contributed by atoms with Gasteiger partial charge in [0.15, 0.2) is 5.17 Å². The molecular formula is C29H22Br2N2O3S. The first-order valence-corrected chi connectivity index (χ1v) is 14.0. The van der Waals surface area contributed by atoms with Gasteiger partial charge in [-0.25, -0.2) is 4.99 Å². The number of benzene rings is 4. The van der Waals surface area contributed by atoms with Gasteiger partial charge in [-0.05, 0) is 121 Å². The van der Waals surface area contributed by atoms with E-state index in [9.17, 15) is 4.79 Å². The summed E-state index contributed by atoms with van der Waals surface area (Å²) in [5.41, 5.74) is 2.68. The van der Waals surface area contributed by atoms with E-state index in [2.05, 4.69) is 72.5 Å². The van der Waals surface area contributed by atoms with Crippen molar-refractivity contribution in [2.24, 2.45) is 4.99 Å². The highest BCUT2D eigenvalue weighted by molar-refractivity contribution is 9.11. The summed E-state index contributed by atoms with van der Waals surface area (Å²) < 4.78 is 13.2. The molecule has 0 spiro atoms. The summed E-state index contributed by atoms with van der Waals surface area (Å²) in [6, 6.07) is 25.9. The fraction of sp³-hybridized carbons (Fsp3) is 0.103. The Balaban J connectivity index is 1.28. The van der Waals surface area contributed by atoms with Gasteiger partial charge in [-0.1, -0.05) is 36.4 Å². The third kappa shape index (κ3) is 6.26. The van der Waals surface area contributed by atoms with E-state index in [1.54, 1.807) is 0 Å². The first-order chi connectivity index (χ1) is 18.0. The standard InChI is InChI=1S/C29H22Br2N2O3S/c1-2-35-23-11-9-22(10-12-23)32-29-33-28(34)26(37-29)16-19-14-24(30)27(25(31)15-19)36-17-18-7-8-20-5-3-4-6-21(20)13-18/h3-16H,2,17H2,1H3,(H,32,33,34)/b26-16+. The fourth-order valence-electron chi connectivity index (χ4n) is 3.82. The molecule has 0 unspecified atom stereocenters. The minimum absolute atomic E-state index is 0.182. The molecule has 0 saturated carbocycles. The Morgan fingerprint density at radius 2 is 1.65 bits per heavy atom. The lowest BCUT2D eigenvalue weighted by molar-refractivity contribution is -0.115. The number of fused-ring (bicyclic) bond motifs is 1. The van der Waals surface area contributed by atoms with E-state index in [0.717, 1.165) is 31.5 Å². The van der Waals surface area contributed by atoms with E-state index in [-0.39, 0.29) is 5.91 Å². The van der Waals surface area contributed by atoms with E-state index in [4.69, 9.17) is 9.47 Å². The van der Waals surface area contributed by atoms with Crippen LogP contribution < -0.4 is 14.8 Å². The summed E-state index contributed by atoms with van der Waals surface area (Å²) in [6.07, 6.45) is 1.84. The van der Waals surface area contributed by atoms with E-state index in [1.165, 1.54) is 22.5 Å². The van der Waals surface area contributed by atoms with Crippen molar-refractivity contribution in [2.75, 3.05) is 6.61 Å². The lowest BCUT2D eigenvalue weighted by Crippen LogP contribution is -2.19. The van der Waals surface area contributed by atoms with Crippen LogP contribution in [-0.4, -0.2) is 17.7 Å². The summed E-state index contributed by atoms with van der Waals surface area (Å²) in [5.74, 6) is 1.31. The van der Waals surface area contributed by atoms with Crippen molar-refractivity contribution in [1.82, 2.24) is 5.32 Å². The smallest absolute Gasteiger partial charge is 0.264 e. The zero-order chi connectivity index (χ0) is 25.8. The molecule has 0 aliphatic carbocycles. The van der Waals surface area contributed by atoms with Crippen LogP contribution in [0.5, 0.6) is 11.5 Å². The maximum atomic E-state index is 12.6. The number of nitrogens with one attached hydrogen (secondary N) is 1. The highest BCUT2D eigenvalue weighted by atomic mass is 79.9. The van der Waals surface area contributed by atoms with E-state index >= 15 is 0 Å². The quantitative estimate of drug-likeness (QED) is 0.207. The number of amidine groups is 1. The molecule has 1 amide bonds. The van der Waals surface area contributed by atoms with Crippen LogP contribution in [-0.2, 0) is 11.4 Å². The number of ether oxygens (including phenoxy) is 2. The number of hydrogen-bond acceptors (Lipinski definition) is 5. The number of rotatable bonds is 7. The Labute approximate surface area is 236 Å².